The lowest BCUT2D eigenvalue weighted by Crippen LogP contribution is -2.36. The van der Waals surface area contributed by atoms with Gasteiger partial charge >= 0.3 is 0 Å². The van der Waals surface area contributed by atoms with Gasteiger partial charge in [0.2, 0.25) is 0 Å². The minimum Gasteiger partial charge on any atom is -0.508 e. The molecule has 0 radical (unpaired) electrons. The Morgan fingerprint density at radius 2 is 2.00 bits per heavy atom. The summed E-state index contributed by atoms with van der Waals surface area (Å²) in [6.45, 7) is 5.27. The van der Waals surface area contributed by atoms with Crippen LogP contribution in [0, 0.1) is 11.8 Å². The number of nitrogens with one attached hydrogen (secondary N) is 1. The molecule has 0 saturated heterocycles. The normalized spacial score (nSPS) is 26.6. The summed E-state index contributed by atoms with van der Waals surface area (Å²) in [7, 11) is 0. The van der Waals surface area contributed by atoms with E-state index in [1.165, 1.54) is 38.2 Å². The monoisotopic (exact) mass is 277 g/mol. The molecule has 3 heteroatoms. The molecule has 3 unspecified atom stereocenters. The van der Waals surface area contributed by atoms with Crippen molar-refractivity contribution in [1.82, 2.24) is 5.32 Å². The maximum atomic E-state index is 9.81. The Balaban J connectivity index is 1.89. The molecule has 20 heavy (non-hydrogen) atoms. The van der Waals surface area contributed by atoms with Crippen LogP contribution in [-0.4, -0.2) is 16.3 Å². The molecule has 2 rings (SSSR count). The third kappa shape index (κ3) is 4.14. The first-order valence-corrected chi connectivity index (χ1v) is 7.82. The highest BCUT2D eigenvalue weighted by Crippen LogP contribution is 2.32. The quantitative estimate of drug-likeness (QED) is 0.767. The van der Waals surface area contributed by atoms with Crippen LogP contribution in [0.1, 0.15) is 51.5 Å². The molecule has 3 nitrogen and oxygen atoms in total. The summed E-state index contributed by atoms with van der Waals surface area (Å²) in [5, 5.41) is 22.7. The minimum atomic E-state index is 0.112. The molecule has 3 N–H and O–H groups in total. The number of hydrogen-bond acceptors (Lipinski definition) is 3. The molecular formula is C17H27NO2. The Labute approximate surface area is 122 Å². The molecule has 0 bridgehead atoms. The Morgan fingerprint density at radius 3 is 2.70 bits per heavy atom. The minimum absolute atomic E-state index is 0.112. The van der Waals surface area contributed by atoms with Crippen molar-refractivity contribution in [1.29, 1.82) is 0 Å². The van der Waals surface area contributed by atoms with Crippen molar-refractivity contribution in [2.75, 3.05) is 0 Å². The number of benzene rings is 1. The average molecular weight is 277 g/mol. The zero-order valence-electron chi connectivity index (χ0n) is 12.6. The Bertz CT molecular complexity index is 433. The topological polar surface area (TPSA) is 52.5 Å². The molecular weight excluding hydrogens is 250 g/mol. The molecule has 0 aromatic heterocycles. The molecule has 1 aliphatic rings. The third-order valence-electron chi connectivity index (χ3n) is 4.39. The number of rotatable bonds is 5. The smallest absolute Gasteiger partial charge is 0.123 e. The highest BCUT2D eigenvalue weighted by molar-refractivity contribution is 5.38. The number of hydrogen-bond donors (Lipinski definition) is 3. The van der Waals surface area contributed by atoms with E-state index in [2.05, 4.69) is 19.2 Å². The summed E-state index contributed by atoms with van der Waals surface area (Å²) in [6.07, 6.45) is 6.42. The van der Waals surface area contributed by atoms with Gasteiger partial charge in [0.25, 0.3) is 0 Å². The van der Waals surface area contributed by atoms with Crippen molar-refractivity contribution in [3.63, 3.8) is 0 Å². The van der Waals surface area contributed by atoms with Crippen LogP contribution in [0.4, 0.5) is 0 Å². The van der Waals surface area contributed by atoms with Gasteiger partial charge in [0.15, 0.2) is 0 Å². The van der Waals surface area contributed by atoms with E-state index in [0.29, 0.717) is 12.6 Å². The van der Waals surface area contributed by atoms with Gasteiger partial charge in [-0.05, 0) is 37.2 Å². The fourth-order valence-electron chi connectivity index (χ4n) is 3.51. The first-order chi connectivity index (χ1) is 9.58. The Hall–Kier alpha value is -1.22. The standard InChI is InChI=1S/C17H27NO2/c1-3-4-13-7-12(2)8-15(9-13)18-11-14-5-6-16(19)10-17(14)20/h5-6,10,12-13,15,18-20H,3-4,7-9,11H2,1-2H3. The SMILES string of the molecule is CCCC1CC(C)CC(NCc2ccc(O)cc2O)C1. The van der Waals surface area contributed by atoms with Gasteiger partial charge in [-0.25, -0.2) is 0 Å². The highest BCUT2D eigenvalue weighted by atomic mass is 16.3. The van der Waals surface area contributed by atoms with Gasteiger partial charge in [0.1, 0.15) is 11.5 Å². The summed E-state index contributed by atoms with van der Waals surface area (Å²) in [4.78, 5) is 0. The summed E-state index contributed by atoms with van der Waals surface area (Å²) in [5.74, 6) is 1.91. The Morgan fingerprint density at radius 1 is 1.20 bits per heavy atom. The second-order valence-electron chi connectivity index (χ2n) is 6.36. The molecule has 112 valence electrons. The van der Waals surface area contributed by atoms with Crippen molar-refractivity contribution < 1.29 is 10.2 Å². The lowest BCUT2D eigenvalue weighted by Gasteiger charge is -2.34. The second kappa shape index (κ2) is 6.98. The van der Waals surface area contributed by atoms with E-state index in [9.17, 15) is 10.2 Å². The molecule has 1 fully saturated rings. The second-order valence-corrected chi connectivity index (χ2v) is 6.36. The zero-order valence-corrected chi connectivity index (χ0v) is 12.6. The average Bonchev–Trinajstić information content (AvgIpc) is 2.37. The van der Waals surface area contributed by atoms with Crippen LogP contribution >= 0.6 is 0 Å². The Kier molecular flexibility index (Phi) is 5.30. The van der Waals surface area contributed by atoms with Crippen LogP contribution in [0.15, 0.2) is 18.2 Å². The molecule has 0 heterocycles. The van der Waals surface area contributed by atoms with Crippen molar-refractivity contribution >= 4 is 0 Å². The van der Waals surface area contributed by atoms with Gasteiger partial charge in [-0.3, -0.25) is 0 Å². The predicted molar refractivity (Wildman–Crippen MR) is 81.8 cm³/mol. The molecule has 1 aliphatic carbocycles. The molecule has 1 saturated carbocycles. The van der Waals surface area contributed by atoms with Crippen LogP contribution in [0.2, 0.25) is 0 Å². The number of aromatic hydroxyl groups is 2. The summed E-state index contributed by atoms with van der Waals surface area (Å²) in [5.41, 5.74) is 0.855. The maximum absolute atomic E-state index is 9.81. The van der Waals surface area contributed by atoms with E-state index in [1.807, 2.05) is 0 Å². The maximum Gasteiger partial charge on any atom is 0.123 e. The molecule has 3 atom stereocenters. The first kappa shape index (κ1) is 15.2. The van der Waals surface area contributed by atoms with Crippen LogP contribution in [0.5, 0.6) is 11.5 Å². The third-order valence-corrected chi connectivity index (χ3v) is 4.39. The molecule has 1 aromatic rings. The fraction of sp³-hybridized carbons (Fsp3) is 0.647. The van der Waals surface area contributed by atoms with E-state index in [-0.39, 0.29) is 11.5 Å². The number of phenolic OH excluding ortho intramolecular Hbond substituents is 2. The van der Waals surface area contributed by atoms with Crippen LogP contribution in [0.3, 0.4) is 0 Å². The van der Waals surface area contributed by atoms with Crippen molar-refractivity contribution in [2.24, 2.45) is 11.8 Å². The van der Waals surface area contributed by atoms with Gasteiger partial charge in [0, 0.05) is 24.2 Å². The molecule has 0 amide bonds. The largest absolute Gasteiger partial charge is 0.508 e. The van der Waals surface area contributed by atoms with E-state index >= 15 is 0 Å². The zero-order chi connectivity index (χ0) is 14.5. The van der Waals surface area contributed by atoms with Crippen LogP contribution in [-0.2, 0) is 6.54 Å². The van der Waals surface area contributed by atoms with Crippen LogP contribution in [0.25, 0.3) is 0 Å². The fourth-order valence-corrected chi connectivity index (χ4v) is 3.51. The van der Waals surface area contributed by atoms with Gasteiger partial charge in [-0.1, -0.05) is 32.8 Å². The van der Waals surface area contributed by atoms with Crippen molar-refractivity contribution in [2.45, 2.75) is 58.5 Å². The van der Waals surface area contributed by atoms with Gasteiger partial charge in [-0.15, -0.1) is 0 Å². The summed E-state index contributed by atoms with van der Waals surface area (Å²) >= 11 is 0. The lowest BCUT2D eigenvalue weighted by molar-refractivity contribution is 0.214. The van der Waals surface area contributed by atoms with E-state index in [0.717, 1.165) is 17.4 Å². The van der Waals surface area contributed by atoms with Gasteiger partial charge in [0.05, 0.1) is 0 Å². The summed E-state index contributed by atoms with van der Waals surface area (Å²) in [6, 6.07) is 5.36. The molecule has 0 aliphatic heterocycles. The first-order valence-electron chi connectivity index (χ1n) is 7.82. The van der Waals surface area contributed by atoms with Crippen molar-refractivity contribution in [3.05, 3.63) is 23.8 Å². The van der Waals surface area contributed by atoms with E-state index < -0.39 is 0 Å². The highest BCUT2D eigenvalue weighted by Gasteiger charge is 2.25. The lowest BCUT2D eigenvalue weighted by atomic mass is 9.77. The summed E-state index contributed by atoms with van der Waals surface area (Å²) < 4.78 is 0. The van der Waals surface area contributed by atoms with E-state index in [1.54, 1.807) is 12.1 Å². The van der Waals surface area contributed by atoms with E-state index in [4.69, 9.17) is 0 Å². The molecule has 1 aromatic carbocycles. The van der Waals surface area contributed by atoms with Crippen molar-refractivity contribution in [3.8, 4) is 11.5 Å². The van der Waals surface area contributed by atoms with Crippen LogP contribution < -0.4 is 5.32 Å². The van der Waals surface area contributed by atoms with Gasteiger partial charge < -0.3 is 15.5 Å². The predicted octanol–water partition coefficient (Wildman–Crippen LogP) is 3.79. The van der Waals surface area contributed by atoms with Gasteiger partial charge in [-0.2, -0.15) is 0 Å². The molecule has 0 spiro atoms. The number of phenols is 2.